The van der Waals surface area contributed by atoms with E-state index in [1.807, 2.05) is 41.8 Å². The normalized spacial score (nSPS) is 11.2. The molecule has 0 radical (unpaired) electrons. The van der Waals surface area contributed by atoms with Crippen molar-refractivity contribution >= 4 is 40.2 Å². The number of carbonyl (C=O) groups excluding carboxylic acids is 1. The Morgan fingerprint density at radius 1 is 1.11 bits per heavy atom. The lowest BCUT2D eigenvalue weighted by molar-refractivity contribution is -0.384. The number of nitriles is 1. The first-order valence-electron chi connectivity index (χ1n) is 10.9. The van der Waals surface area contributed by atoms with E-state index in [9.17, 15) is 25.0 Å². The fourth-order valence-corrected chi connectivity index (χ4v) is 3.97. The van der Waals surface area contributed by atoms with Crippen molar-refractivity contribution in [2.45, 2.75) is 13.5 Å². The van der Waals surface area contributed by atoms with Crippen molar-refractivity contribution < 1.29 is 19.6 Å². The van der Waals surface area contributed by atoms with Crippen molar-refractivity contribution in [3.05, 3.63) is 111 Å². The minimum absolute atomic E-state index is 0.00928. The predicted octanol–water partition coefficient (Wildman–Crippen LogP) is 5.15. The maximum Gasteiger partial charge on any atom is 0.335 e. The number of hydrogen-bond acceptors (Lipinski definition) is 5. The number of para-hydroxylation sites is 1. The predicted molar refractivity (Wildman–Crippen MR) is 134 cm³/mol. The van der Waals surface area contributed by atoms with Gasteiger partial charge in [-0.25, -0.2) is 4.79 Å². The average molecular weight is 480 g/mol. The smallest absolute Gasteiger partial charge is 0.335 e. The molecule has 4 aromatic rings. The number of nitrogens with one attached hydrogen (secondary N) is 1. The minimum atomic E-state index is -1.13. The Bertz CT molecular complexity index is 1580. The highest BCUT2D eigenvalue weighted by atomic mass is 16.6. The monoisotopic (exact) mass is 480 g/mol. The number of aromatic nitrogens is 1. The molecule has 0 saturated heterocycles. The van der Waals surface area contributed by atoms with Crippen molar-refractivity contribution in [3.8, 4) is 6.07 Å². The van der Waals surface area contributed by atoms with Gasteiger partial charge in [0.1, 0.15) is 11.6 Å². The fraction of sp³-hybridized carbons (Fsp3) is 0.0741. The Hall–Kier alpha value is -5.23. The number of nitrogens with zero attached hydrogens (tertiary/aromatic N) is 3. The van der Waals surface area contributed by atoms with Crippen molar-refractivity contribution in [1.82, 2.24) is 4.57 Å². The number of hydrogen-bond donors (Lipinski definition) is 2. The van der Waals surface area contributed by atoms with E-state index in [1.54, 1.807) is 18.2 Å². The quantitative estimate of drug-likeness (QED) is 0.162. The molecule has 0 aliphatic carbocycles. The minimum Gasteiger partial charge on any atom is -0.478 e. The Balaban J connectivity index is 1.70. The fourth-order valence-electron chi connectivity index (χ4n) is 3.97. The molecule has 1 heterocycles. The summed E-state index contributed by atoms with van der Waals surface area (Å²) < 4.78 is 2.02. The molecule has 0 aliphatic rings. The van der Waals surface area contributed by atoms with E-state index in [1.165, 1.54) is 36.4 Å². The maximum absolute atomic E-state index is 12.9. The molecule has 0 spiro atoms. The van der Waals surface area contributed by atoms with Crippen LogP contribution in [0.2, 0.25) is 0 Å². The van der Waals surface area contributed by atoms with Gasteiger partial charge in [-0.3, -0.25) is 14.9 Å². The number of aromatic carboxylic acids is 1. The van der Waals surface area contributed by atoms with Gasteiger partial charge in [-0.05, 0) is 42.8 Å². The van der Waals surface area contributed by atoms with Gasteiger partial charge < -0.3 is 15.0 Å². The second-order valence-corrected chi connectivity index (χ2v) is 8.04. The average Bonchev–Trinajstić information content (AvgIpc) is 3.13. The molecule has 1 aromatic heterocycles. The number of amides is 1. The maximum atomic E-state index is 12.9. The van der Waals surface area contributed by atoms with Crippen LogP contribution in [0.15, 0.2) is 78.4 Å². The summed E-state index contributed by atoms with van der Waals surface area (Å²) in [5, 5.41) is 33.3. The highest BCUT2D eigenvalue weighted by Crippen LogP contribution is 2.29. The molecule has 0 atom stereocenters. The molecule has 0 saturated carbocycles. The van der Waals surface area contributed by atoms with Crippen molar-refractivity contribution in [3.63, 3.8) is 0 Å². The van der Waals surface area contributed by atoms with Crippen LogP contribution in [0.1, 0.15) is 27.2 Å². The second-order valence-electron chi connectivity index (χ2n) is 8.04. The van der Waals surface area contributed by atoms with Crippen LogP contribution >= 0.6 is 0 Å². The summed E-state index contributed by atoms with van der Waals surface area (Å²) >= 11 is 0. The van der Waals surface area contributed by atoms with Crippen LogP contribution in [0, 0.1) is 28.4 Å². The molecule has 3 aromatic carbocycles. The first-order chi connectivity index (χ1) is 17.3. The molecule has 4 rings (SSSR count). The lowest BCUT2D eigenvalue weighted by atomic mass is 10.1. The van der Waals surface area contributed by atoms with Crippen molar-refractivity contribution in [1.29, 1.82) is 5.26 Å². The molecular weight excluding hydrogens is 460 g/mol. The van der Waals surface area contributed by atoms with Crippen molar-refractivity contribution in [2.24, 2.45) is 0 Å². The third kappa shape index (κ3) is 4.83. The molecule has 0 unspecified atom stereocenters. The van der Waals surface area contributed by atoms with Gasteiger partial charge in [-0.2, -0.15) is 5.26 Å². The molecule has 0 fully saturated rings. The standard InChI is InChI=1S/C27H20N4O5/c1-17-24(14-20(15-28)26(32)29-21-6-4-5-19(13-21)27(33)34)23-7-2-3-8-25(23)30(17)16-18-9-11-22(12-10-18)31(35)36/h2-14H,16H2,1H3,(H,29,32)(H,33,34)/b20-14-. The van der Waals surface area contributed by atoms with Gasteiger partial charge >= 0.3 is 5.97 Å². The number of nitro groups is 1. The zero-order valence-electron chi connectivity index (χ0n) is 19.1. The van der Waals surface area contributed by atoms with E-state index in [0.29, 0.717) is 12.1 Å². The second kappa shape index (κ2) is 9.95. The van der Waals surface area contributed by atoms with Gasteiger partial charge in [0.15, 0.2) is 0 Å². The van der Waals surface area contributed by atoms with Gasteiger partial charge in [-0.1, -0.05) is 36.4 Å². The van der Waals surface area contributed by atoms with Crippen molar-refractivity contribution in [2.75, 3.05) is 5.32 Å². The molecule has 9 nitrogen and oxygen atoms in total. The molecule has 9 heteroatoms. The van der Waals surface area contributed by atoms with E-state index in [0.717, 1.165) is 22.2 Å². The Kier molecular flexibility index (Phi) is 6.61. The van der Waals surface area contributed by atoms with Crippen LogP contribution in [-0.2, 0) is 11.3 Å². The van der Waals surface area contributed by atoms with E-state index in [2.05, 4.69) is 5.32 Å². The van der Waals surface area contributed by atoms with E-state index < -0.39 is 16.8 Å². The number of fused-ring (bicyclic) bond motifs is 1. The van der Waals surface area contributed by atoms with E-state index >= 15 is 0 Å². The number of rotatable bonds is 7. The van der Waals surface area contributed by atoms with Crippen LogP contribution in [0.5, 0.6) is 0 Å². The van der Waals surface area contributed by atoms with Gasteiger partial charge in [0.05, 0.1) is 10.5 Å². The summed E-state index contributed by atoms with van der Waals surface area (Å²) in [6.45, 7) is 2.31. The third-order valence-corrected chi connectivity index (χ3v) is 5.79. The van der Waals surface area contributed by atoms with Crippen LogP contribution in [0.3, 0.4) is 0 Å². The molecular formula is C27H20N4O5. The summed E-state index contributed by atoms with van der Waals surface area (Å²) in [5.74, 6) is -1.79. The summed E-state index contributed by atoms with van der Waals surface area (Å²) in [5.41, 5.74) is 3.38. The number of carboxylic acids is 1. The highest BCUT2D eigenvalue weighted by Gasteiger charge is 2.17. The molecule has 1 amide bonds. The first-order valence-corrected chi connectivity index (χ1v) is 10.9. The number of carbonyl (C=O) groups is 2. The van der Waals surface area contributed by atoms with Crippen LogP contribution in [-0.4, -0.2) is 26.5 Å². The largest absolute Gasteiger partial charge is 0.478 e. The topological polar surface area (TPSA) is 138 Å². The van der Waals surface area contributed by atoms with Gasteiger partial charge in [0.25, 0.3) is 11.6 Å². The van der Waals surface area contributed by atoms with Crippen LogP contribution < -0.4 is 5.32 Å². The van der Waals surface area contributed by atoms with Crippen LogP contribution in [0.4, 0.5) is 11.4 Å². The van der Waals surface area contributed by atoms with E-state index in [-0.39, 0.29) is 22.5 Å². The Morgan fingerprint density at radius 3 is 2.50 bits per heavy atom. The molecule has 0 bridgehead atoms. The molecule has 178 valence electrons. The first kappa shape index (κ1) is 23.9. The van der Waals surface area contributed by atoms with Gasteiger partial charge in [-0.15, -0.1) is 0 Å². The SMILES string of the molecule is Cc1c(/C=C(/C#N)C(=O)Nc2cccc(C(=O)O)c2)c2ccccc2n1Cc1ccc([N+](=O)[O-])cc1. The van der Waals surface area contributed by atoms with Gasteiger partial charge in [0, 0.05) is 46.5 Å². The lowest BCUT2D eigenvalue weighted by Crippen LogP contribution is -2.14. The Labute approximate surface area is 205 Å². The number of carboxylic acid groups (broad SMARTS) is 1. The third-order valence-electron chi connectivity index (χ3n) is 5.79. The van der Waals surface area contributed by atoms with Gasteiger partial charge in [0.2, 0.25) is 0 Å². The molecule has 2 N–H and O–H groups in total. The highest BCUT2D eigenvalue weighted by molar-refractivity contribution is 6.11. The van der Waals surface area contributed by atoms with Crippen LogP contribution in [0.25, 0.3) is 17.0 Å². The summed E-state index contributed by atoms with van der Waals surface area (Å²) in [4.78, 5) is 34.6. The molecule has 36 heavy (non-hydrogen) atoms. The summed E-state index contributed by atoms with van der Waals surface area (Å²) in [6, 6.07) is 21.6. The van der Waals surface area contributed by atoms with E-state index in [4.69, 9.17) is 5.11 Å². The summed E-state index contributed by atoms with van der Waals surface area (Å²) in [6.07, 6.45) is 1.51. The zero-order valence-corrected chi connectivity index (χ0v) is 19.1. The number of nitro benzene ring substituents is 1. The number of anilines is 1. The Morgan fingerprint density at radius 2 is 1.83 bits per heavy atom. The summed E-state index contributed by atoms with van der Waals surface area (Å²) in [7, 11) is 0. The lowest BCUT2D eigenvalue weighted by Gasteiger charge is -2.09. The zero-order chi connectivity index (χ0) is 25.8. The number of non-ortho nitro benzene ring substituents is 1. The molecule has 0 aliphatic heterocycles. The number of benzene rings is 3.